The number of thiocarbonyl (C=S) groups is 1. The van der Waals surface area contributed by atoms with Crippen molar-refractivity contribution in [2.24, 2.45) is 5.10 Å². The number of fused-ring (bicyclic) bond motifs is 1. The lowest BCUT2D eigenvalue weighted by Gasteiger charge is -2.03. The van der Waals surface area contributed by atoms with E-state index in [1.165, 1.54) is 11.8 Å². The number of benzene rings is 1. The molecular formula is C13H12N2O2S2. The second kappa shape index (κ2) is 5.99. The monoisotopic (exact) mass is 292 g/mol. The molecule has 1 heterocycles. The molecule has 0 aliphatic rings. The molecule has 0 saturated heterocycles. The Labute approximate surface area is 119 Å². The van der Waals surface area contributed by atoms with Gasteiger partial charge >= 0.3 is 5.63 Å². The van der Waals surface area contributed by atoms with Crippen molar-refractivity contribution in [1.82, 2.24) is 5.43 Å². The van der Waals surface area contributed by atoms with E-state index in [2.05, 4.69) is 10.5 Å². The molecule has 6 heteroatoms. The molecule has 4 nitrogen and oxygen atoms in total. The Hall–Kier alpha value is -1.66. The van der Waals surface area contributed by atoms with E-state index in [4.69, 9.17) is 16.6 Å². The van der Waals surface area contributed by atoms with Crippen LogP contribution in [0.1, 0.15) is 12.5 Å². The first-order chi connectivity index (χ1) is 9.11. The zero-order chi connectivity index (χ0) is 13.8. The summed E-state index contributed by atoms with van der Waals surface area (Å²) < 4.78 is 5.79. The van der Waals surface area contributed by atoms with Gasteiger partial charge in [0, 0.05) is 5.39 Å². The van der Waals surface area contributed by atoms with Gasteiger partial charge in [0.15, 0.2) is 4.32 Å². The predicted molar refractivity (Wildman–Crippen MR) is 83.9 cm³/mol. The average molecular weight is 292 g/mol. The molecule has 0 aliphatic carbocycles. The lowest BCUT2D eigenvalue weighted by atomic mass is 10.1. The van der Waals surface area contributed by atoms with Gasteiger partial charge in [0.25, 0.3) is 0 Å². The van der Waals surface area contributed by atoms with E-state index in [0.717, 1.165) is 5.39 Å². The SMILES string of the molecule is CSC(=S)N/N=C(\C)c1cc2ccccc2oc1=O. The molecule has 1 aromatic carbocycles. The molecule has 0 aliphatic heterocycles. The van der Waals surface area contributed by atoms with E-state index in [1.807, 2.05) is 24.5 Å². The second-order valence-electron chi connectivity index (χ2n) is 3.79. The minimum Gasteiger partial charge on any atom is -0.422 e. The molecule has 2 aromatic rings. The highest BCUT2D eigenvalue weighted by Gasteiger charge is 2.08. The maximum atomic E-state index is 11.9. The number of hydrogen-bond donors (Lipinski definition) is 1. The largest absolute Gasteiger partial charge is 0.422 e. The summed E-state index contributed by atoms with van der Waals surface area (Å²) in [5, 5.41) is 4.94. The van der Waals surface area contributed by atoms with Crippen LogP contribution in [0.5, 0.6) is 0 Å². The lowest BCUT2D eigenvalue weighted by molar-refractivity contribution is 0.559. The first-order valence-corrected chi connectivity index (χ1v) is 7.16. The Bertz CT molecular complexity index is 707. The Morgan fingerprint density at radius 3 is 2.89 bits per heavy atom. The number of nitrogens with one attached hydrogen (secondary N) is 1. The zero-order valence-corrected chi connectivity index (χ0v) is 12.1. The van der Waals surface area contributed by atoms with Gasteiger partial charge in [-0.2, -0.15) is 5.10 Å². The van der Waals surface area contributed by atoms with Crippen LogP contribution in [0.4, 0.5) is 0 Å². The van der Waals surface area contributed by atoms with Crippen LogP contribution in [0.15, 0.2) is 44.6 Å². The first-order valence-electron chi connectivity index (χ1n) is 5.53. The summed E-state index contributed by atoms with van der Waals surface area (Å²) in [4.78, 5) is 11.9. The van der Waals surface area contributed by atoms with Gasteiger partial charge in [-0.15, -0.1) is 0 Å². The van der Waals surface area contributed by atoms with Crippen LogP contribution < -0.4 is 11.1 Å². The number of nitrogens with zero attached hydrogens (tertiary/aromatic N) is 1. The van der Waals surface area contributed by atoms with Crippen molar-refractivity contribution in [2.45, 2.75) is 6.92 Å². The Kier molecular flexibility index (Phi) is 4.34. The fourth-order valence-corrected chi connectivity index (χ4v) is 1.73. The first kappa shape index (κ1) is 13.8. The van der Waals surface area contributed by atoms with Crippen molar-refractivity contribution in [3.05, 3.63) is 46.3 Å². The molecule has 98 valence electrons. The minimum absolute atomic E-state index is 0.406. The summed E-state index contributed by atoms with van der Waals surface area (Å²) in [6.07, 6.45) is 1.85. The van der Waals surface area contributed by atoms with E-state index in [0.29, 0.717) is 21.2 Å². The Morgan fingerprint density at radius 2 is 2.16 bits per heavy atom. The molecule has 2 rings (SSSR count). The molecule has 0 radical (unpaired) electrons. The van der Waals surface area contributed by atoms with Crippen molar-refractivity contribution >= 4 is 45.0 Å². The fourth-order valence-electron chi connectivity index (χ4n) is 1.55. The average Bonchev–Trinajstić information content (AvgIpc) is 2.43. The van der Waals surface area contributed by atoms with Gasteiger partial charge in [-0.3, -0.25) is 5.43 Å². The van der Waals surface area contributed by atoms with Crippen LogP contribution in [-0.4, -0.2) is 16.3 Å². The van der Waals surface area contributed by atoms with Crippen molar-refractivity contribution in [3.8, 4) is 0 Å². The standard InChI is InChI=1S/C13H12N2O2S2/c1-8(14-15-13(18)19-2)10-7-9-5-3-4-6-11(9)17-12(10)16/h3-7H,1-2H3,(H,15,18)/b14-8+. The van der Waals surface area contributed by atoms with Crippen molar-refractivity contribution in [2.75, 3.05) is 6.26 Å². The normalized spacial score (nSPS) is 11.6. The van der Waals surface area contributed by atoms with Gasteiger partial charge in [-0.1, -0.05) is 42.2 Å². The molecule has 19 heavy (non-hydrogen) atoms. The number of hydrazone groups is 1. The van der Waals surface area contributed by atoms with E-state index < -0.39 is 5.63 Å². The number of thioether (sulfide) groups is 1. The van der Waals surface area contributed by atoms with Crippen LogP contribution in [-0.2, 0) is 0 Å². The van der Waals surface area contributed by atoms with E-state index in [9.17, 15) is 4.79 Å². The van der Waals surface area contributed by atoms with Gasteiger partial charge in [-0.05, 0) is 25.3 Å². The number of hydrogen-bond acceptors (Lipinski definition) is 5. The molecule has 1 aromatic heterocycles. The maximum Gasteiger partial charge on any atom is 0.345 e. The molecule has 0 amide bonds. The van der Waals surface area contributed by atoms with Gasteiger partial charge < -0.3 is 4.42 Å². The molecule has 0 bridgehead atoms. The third-order valence-electron chi connectivity index (χ3n) is 2.53. The van der Waals surface area contributed by atoms with Crippen LogP contribution in [0.3, 0.4) is 0 Å². The predicted octanol–water partition coefficient (Wildman–Crippen LogP) is 2.75. The third kappa shape index (κ3) is 3.21. The number of para-hydroxylation sites is 1. The van der Waals surface area contributed by atoms with Crippen molar-refractivity contribution < 1.29 is 4.42 Å². The Balaban J connectivity index is 2.42. The Morgan fingerprint density at radius 1 is 1.42 bits per heavy atom. The third-order valence-corrected chi connectivity index (χ3v) is 3.58. The molecule has 1 N–H and O–H groups in total. The second-order valence-corrected chi connectivity index (χ2v) is 5.27. The van der Waals surface area contributed by atoms with Gasteiger partial charge in [0.2, 0.25) is 0 Å². The van der Waals surface area contributed by atoms with Crippen LogP contribution in [0.2, 0.25) is 0 Å². The highest BCUT2D eigenvalue weighted by molar-refractivity contribution is 8.22. The summed E-state index contributed by atoms with van der Waals surface area (Å²) in [7, 11) is 0. The maximum absolute atomic E-state index is 11.9. The molecule has 0 fully saturated rings. The van der Waals surface area contributed by atoms with E-state index >= 15 is 0 Å². The van der Waals surface area contributed by atoms with Gasteiger partial charge in [-0.25, -0.2) is 4.79 Å². The van der Waals surface area contributed by atoms with E-state index in [-0.39, 0.29) is 0 Å². The van der Waals surface area contributed by atoms with E-state index in [1.54, 1.807) is 19.1 Å². The molecular weight excluding hydrogens is 280 g/mol. The highest BCUT2D eigenvalue weighted by Crippen LogP contribution is 2.12. The smallest absolute Gasteiger partial charge is 0.345 e. The van der Waals surface area contributed by atoms with Crippen LogP contribution in [0.25, 0.3) is 11.0 Å². The zero-order valence-electron chi connectivity index (χ0n) is 10.5. The highest BCUT2D eigenvalue weighted by atomic mass is 32.2. The topological polar surface area (TPSA) is 54.6 Å². The molecule has 0 atom stereocenters. The minimum atomic E-state index is -0.406. The summed E-state index contributed by atoms with van der Waals surface area (Å²) >= 11 is 6.36. The summed E-state index contributed by atoms with van der Waals surface area (Å²) in [5.74, 6) is 0. The fraction of sp³-hybridized carbons (Fsp3) is 0.154. The number of rotatable bonds is 2. The summed E-state index contributed by atoms with van der Waals surface area (Å²) in [6, 6.07) is 9.12. The van der Waals surface area contributed by atoms with Gasteiger partial charge in [0.1, 0.15) is 5.58 Å². The molecule has 0 saturated carbocycles. The summed E-state index contributed by atoms with van der Waals surface area (Å²) in [6.45, 7) is 1.73. The lowest BCUT2D eigenvalue weighted by Crippen LogP contribution is -2.17. The van der Waals surface area contributed by atoms with Gasteiger partial charge in [0.05, 0.1) is 11.3 Å². The van der Waals surface area contributed by atoms with Crippen LogP contribution in [0, 0.1) is 0 Å². The van der Waals surface area contributed by atoms with Crippen molar-refractivity contribution in [1.29, 1.82) is 0 Å². The summed E-state index contributed by atoms with van der Waals surface area (Å²) in [5.41, 5.74) is 3.83. The molecule has 0 unspecified atom stereocenters. The van der Waals surface area contributed by atoms with Crippen molar-refractivity contribution in [3.63, 3.8) is 0 Å². The molecule has 0 spiro atoms. The quantitative estimate of drug-likeness (QED) is 0.399. The van der Waals surface area contributed by atoms with Crippen LogP contribution >= 0.6 is 24.0 Å².